The first-order valence-corrected chi connectivity index (χ1v) is 9.78. The Balaban J connectivity index is 1.72. The second kappa shape index (κ2) is 12.0. The van der Waals surface area contributed by atoms with E-state index in [1.807, 2.05) is 48.2 Å². The van der Waals surface area contributed by atoms with Crippen LogP contribution in [0.1, 0.15) is 30.9 Å². The Kier molecular flexibility index (Phi) is 9.35. The maximum absolute atomic E-state index is 12.5. The molecule has 2 aromatic rings. The van der Waals surface area contributed by atoms with Crippen molar-refractivity contribution >= 4 is 5.91 Å². The smallest absolute Gasteiger partial charge is 0.222 e. The van der Waals surface area contributed by atoms with Crippen molar-refractivity contribution in [2.45, 2.75) is 32.7 Å². The molecule has 0 atom stereocenters. The van der Waals surface area contributed by atoms with E-state index < -0.39 is 0 Å². The highest BCUT2D eigenvalue weighted by Gasteiger charge is 2.13. The molecule has 2 rings (SSSR count). The van der Waals surface area contributed by atoms with Crippen LogP contribution in [0.4, 0.5) is 0 Å². The molecule has 0 N–H and O–H groups in total. The number of hydrogen-bond donors (Lipinski definition) is 0. The zero-order valence-electron chi connectivity index (χ0n) is 17.1. The van der Waals surface area contributed by atoms with Crippen molar-refractivity contribution in [1.82, 2.24) is 4.90 Å². The number of carbonyl (C=O) groups is 1. The molecule has 5 heteroatoms. The Morgan fingerprint density at radius 2 is 1.68 bits per heavy atom. The zero-order chi connectivity index (χ0) is 20.2. The van der Waals surface area contributed by atoms with Crippen LogP contribution in [0.15, 0.2) is 48.5 Å². The SMILES string of the molecule is CCN(Cc1ccc(OC)c(OC)c1)C(=O)CCCOCCc1ccccc1. The third kappa shape index (κ3) is 6.89. The molecule has 0 bridgehead atoms. The van der Waals surface area contributed by atoms with E-state index in [9.17, 15) is 4.79 Å². The zero-order valence-corrected chi connectivity index (χ0v) is 17.1. The van der Waals surface area contributed by atoms with Crippen LogP contribution >= 0.6 is 0 Å². The first-order valence-electron chi connectivity index (χ1n) is 9.78. The van der Waals surface area contributed by atoms with Crippen LogP contribution in [-0.2, 0) is 22.5 Å². The van der Waals surface area contributed by atoms with Crippen molar-refractivity contribution < 1.29 is 19.0 Å². The Bertz CT molecular complexity index is 718. The van der Waals surface area contributed by atoms with E-state index in [1.54, 1.807) is 14.2 Å². The molecular weight excluding hydrogens is 354 g/mol. The average molecular weight is 386 g/mol. The van der Waals surface area contributed by atoms with Gasteiger partial charge in [-0.1, -0.05) is 36.4 Å². The number of nitrogens with zero attached hydrogens (tertiary/aromatic N) is 1. The number of ether oxygens (including phenoxy) is 3. The third-order valence-corrected chi connectivity index (χ3v) is 4.61. The molecule has 0 spiro atoms. The van der Waals surface area contributed by atoms with Crippen molar-refractivity contribution in [2.24, 2.45) is 0 Å². The van der Waals surface area contributed by atoms with E-state index in [4.69, 9.17) is 14.2 Å². The minimum atomic E-state index is 0.143. The summed E-state index contributed by atoms with van der Waals surface area (Å²) in [6, 6.07) is 16.0. The van der Waals surface area contributed by atoms with Crippen molar-refractivity contribution in [3.05, 3.63) is 59.7 Å². The fourth-order valence-electron chi connectivity index (χ4n) is 3.00. The van der Waals surface area contributed by atoms with Gasteiger partial charge in [0.15, 0.2) is 11.5 Å². The van der Waals surface area contributed by atoms with Gasteiger partial charge >= 0.3 is 0 Å². The molecule has 0 aliphatic carbocycles. The van der Waals surface area contributed by atoms with Crippen molar-refractivity contribution in [3.63, 3.8) is 0 Å². The molecule has 0 fully saturated rings. The predicted molar refractivity (Wildman–Crippen MR) is 111 cm³/mol. The standard InChI is InChI=1S/C23H31NO4/c1-4-24(18-20-12-13-21(26-2)22(17-20)27-3)23(25)11-8-15-28-16-14-19-9-6-5-7-10-19/h5-7,9-10,12-13,17H,4,8,11,14-16,18H2,1-3H3. The highest BCUT2D eigenvalue weighted by Crippen LogP contribution is 2.28. The average Bonchev–Trinajstić information content (AvgIpc) is 2.74. The Hall–Kier alpha value is -2.53. The largest absolute Gasteiger partial charge is 0.493 e. The fourth-order valence-corrected chi connectivity index (χ4v) is 3.00. The molecule has 0 aromatic heterocycles. The van der Waals surface area contributed by atoms with E-state index in [0.717, 1.165) is 18.4 Å². The number of benzene rings is 2. The van der Waals surface area contributed by atoms with Gasteiger partial charge in [-0.05, 0) is 43.0 Å². The quantitative estimate of drug-likeness (QED) is 0.516. The molecule has 0 aliphatic rings. The van der Waals surface area contributed by atoms with Crippen LogP contribution < -0.4 is 9.47 Å². The van der Waals surface area contributed by atoms with Gasteiger partial charge in [0.05, 0.1) is 20.8 Å². The van der Waals surface area contributed by atoms with Gasteiger partial charge in [-0.25, -0.2) is 0 Å². The summed E-state index contributed by atoms with van der Waals surface area (Å²) in [6.45, 7) is 4.51. The van der Waals surface area contributed by atoms with Gasteiger partial charge < -0.3 is 19.1 Å². The van der Waals surface area contributed by atoms with Gasteiger partial charge in [0.2, 0.25) is 5.91 Å². The lowest BCUT2D eigenvalue weighted by atomic mass is 10.1. The Morgan fingerprint density at radius 1 is 0.929 bits per heavy atom. The summed E-state index contributed by atoms with van der Waals surface area (Å²) < 4.78 is 16.3. The lowest BCUT2D eigenvalue weighted by Crippen LogP contribution is -2.30. The summed E-state index contributed by atoms with van der Waals surface area (Å²) in [7, 11) is 3.23. The number of methoxy groups -OCH3 is 2. The molecule has 0 aliphatic heterocycles. The number of hydrogen-bond acceptors (Lipinski definition) is 4. The number of carbonyl (C=O) groups excluding carboxylic acids is 1. The minimum absolute atomic E-state index is 0.143. The first kappa shape index (κ1) is 21.8. The second-order valence-corrected chi connectivity index (χ2v) is 6.55. The molecule has 152 valence electrons. The number of amides is 1. The van der Waals surface area contributed by atoms with E-state index >= 15 is 0 Å². The molecule has 0 heterocycles. The van der Waals surface area contributed by atoms with Gasteiger partial charge in [0, 0.05) is 26.1 Å². The maximum atomic E-state index is 12.5. The highest BCUT2D eigenvalue weighted by atomic mass is 16.5. The van der Waals surface area contributed by atoms with Crippen LogP contribution in [0.5, 0.6) is 11.5 Å². The highest BCUT2D eigenvalue weighted by molar-refractivity contribution is 5.76. The van der Waals surface area contributed by atoms with Crippen LogP contribution in [-0.4, -0.2) is 44.8 Å². The minimum Gasteiger partial charge on any atom is -0.493 e. The molecule has 0 saturated carbocycles. The van der Waals surface area contributed by atoms with Crippen LogP contribution in [0.3, 0.4) is 0 Å². The molecule has 0 saturated heterocycles. The van der Waals surface area contributed by atoms with Crippen molar-refractivity contribution in [2.75, 3.05) is 34.0 Å². The predicted octanol–water partition coefficient (Wildman–Crippen LogP) is 4.09. The monoisotopic (exact) mass is 385 g/mol. The Labute approximate surface area is 168 Å². The van der Waals surface area contributed by atoms with Crippen LogP contribution in [0.25, 0.3) is 0 Å². The van der Waals surface area contributed by atoms with E-state index in [2.05, 4.69) is 12.1 Å². The van der Waals surface area contributed by atoms with Gasteiger partial charge in [0.25, 0.3) is 0 Å². The van der Waals surface area contributed by atoms with E-state index in [0.29, 0.717) is 44.2 Å². The lowest BCUT2D eigenvalue weighted by molar-refractivity contribution is -0.132. The topological polar surface area (TPSA) is 48.0 Å². The summed E-state index contributed by atoms with van der Waals surface area (Å²) >= 11 is 0. The lowest BCUT2D eigenvalue weighted by Gasteiger charge is -2.21. The molecule has 0 radical (unpaired) electrons. The van der Waals surface area contributed by atoms with Gasteiger partial charge in [-0.15, -0.1) is 0 Å². The Morgan fingerprint density at radius 3 is 2.36 bits per heavy atom. The molecule has 0 unspecified atom stereocenters. The van der Waals surface area contributed by atoms with Crippen LogP contribution in [0.2, 0.25) is 0 Å². The first-order chi connectivity index (χ1) is 13.7. The van der Waals surface area contributed by atoms with Crippen molar-refractivity contribution in [3.8, 4) is 11.5 Å². The van der Waals surface area contributed by atoms with E-state index in [-0.39, 0.29) is 5.91 Å². The third-order valence-electron chi connectivity index (χ3n) is 4.61. The maximum Gasteiger partial charge on any atom is 0.222 e. The summed E-state index contributed by atoms with van der Waals surface area (Å²) in [5.41, 5.74) is 2.29. The van der Waals surface area contributed by atoms with Crippen LogP contribution in [0, 0.1) is 0 Å². The molecule has 2 aromatic carbocycles. The van der Waals surface area contributed by atoms with Gasteiger partial charge in [0.1, 0.15) is 0 Å². The number of rotatable bonds is 12. The summed E-state index contributed by atoms with van der Waals surface area (Å²) in [5.74, 6) is 1.51. The molecule has 28 heavy (non-hydrogen) atoms. The summed E-state index contributed by atoms with van der Waals surface area (Å²) in [6.07, 6.45) is 2.12. The molecule has 1 amide bonds. The molecule has 5 nitrogen and oxygen atoms in total. The van der Waals surface area contributed by atoms with E-state index in [1.165, 1.54) is 5.56 Å². The molecular formula is C23H31NO4. The van der Waals surface area contributed by atoms with Gasteiger partial charge in [-0.2, -0.15) is 0 Å². The fraction of sp³-hybridized carbons (Fsp3) is 0.435. The van der Waals surface area contributed by atoms with Gasteiger partial charge in [-0.3, -0.25) is 4.79 Å². The summed E-state index contributed by atoms with van der Waals surface area (Å²) in [4.78, 5) is 14.4. The summed E-state index contributed by atoms with van der Waals surface area (Å²) in [5, 5.41) is 0. The van der Waals surface area contributed by atoms with Crippen molar-refractivity contribution in [1.29, 1.82) is 0 Å². The second-order valence-electron chi connectivity index (χ2n) is 6.55. The normalized spacial score (nSPS) is 10.5.